The van der Waals surface area contributed by atoms with Gasteiger partial charge in [-0.3, -0.25) is 10.7 Å². The van der Waals surface area contributed by atoms with Crippen molar-refractivity contribution < 1.29 is 8.78 Å². The Labute approximate surface area is 109 Å². The predicted molar refractivity (Wildman–Crippen MR) is 70.0 cm³/mol. The van der Waals surface area contributed by atoms with Gasteiger partial charge in [-0.05, 0) is 12.1 Å². The Kier molecular flexibility index (Phi) is 3.49. The lowest BCUT2D eigenvalue weighted by atomic mass is 10.1. The molecule has 0 spiro atoms. The van der Waals surface area contributed by atoms with Gasteiger partial charge in [-0.1, -0.05) is 11.8 Å². The van der Waals surface area contributed by atoms with Crippen molar-refractivity contribution in [1.29, 1.82) is 0 Å². The Morgan fingerprint density at radius 1 is 1.32 bits per heavy atom. The van der Waals surface area contributed by atoms with Gasteiger partial charge in [0, 0.05) is 19.5 Å². The first-order valence-electron chi connectivity index (χ1n) is 5.47. The van der Waals surface area contributed by atoms with Gasteiger partial charge in [0.1, 0.15) is 5.82 Å². The summed E-state index contributed by atoms with van der Waals surface area (Å²) in [5, 5.41) is 0. The number of halogens is 2. The van der Waals surface area contributed by atoms with Crippen LogP contribution in [-0.2, 0) is 0 Å². The van der Waals surface area contributed by atoms with Crippen LogP contribution in [-0.4, -0.2) is 24.5 Å². The number of anilines is 1. The van der Waals surface area contributed by atoms with E-state index in [1.165, 1.54) is 6.21 Å². The largest absolute Gasteiger partial charge is 0.396 e. The number of nitrogen functional groups attached to an aromatic ring is 1. The van der Waals surface area contributed by atoms with E-state index in [1.807, 2.05) is 0 Å². The number of rotatable bonds is 0. The summed E-state index contributed by atoms with van der Waals surface area (Å²) in [4.78, 5) is 5.60. The fourth-order valence-electron chi connectivity index (χ4n) is 1.47. The quantitative estimate of drug-likeness (QED) is 0.542. The molecule has 0 saturated heterocycles. The maximum atomic E-state index is 13.6. The molecule has 1 aromatic rings. The highest BCUT2D eigenvalue weighted by atomic mass is 19.1. The Morgan fingerprint density at radius 3 is 2.74 bits per heavy atom. The molecule has 1 unspecified atom stereocenters. The number of aliphatic imine (C=N–C) groups is 1. The summed E-state index contributed by atoms with van der Waals surface area (Å²) in [6.07, 6.45) is 2.64. The molecule has 1 atom stereocenters. The van der Waals surface area contributed by atoms with E-state index in [4.69, 9.17) is 11.5 Å². The van der Waals surface area contributed by atoms with Crippen LogP contribution >= 0.6 is 0 Å². The molecule has 1 aliphatic heterocycles. The van der Waals surface area contributed by atoms with Crippen molar-refractivity contribution >= 4 is 11.9 Å². The lowest BCUT2D eigenvalue weighted by Gasteiger charge is -2.22. The Balaban J connectivity index is 2.34. The van der Waals surface area contributed by atoms with Crippen molar-refractivity contribution in [2.24, 2.45) is 10.7 Å². The molecule has 1 aliphatic rings. The maximum absolute atomic E-state index is 13.6. The van der Waals surface area contributed by atoms with Crippen LogP contribution in [0.2, 0.25) is 0 Å². The van der Waals surface area contributed by atoms with Crippen LogP contribution in [0, 0.1) is 23.5 Å². The van der Waals surface area contributed by atoms with Crippen molar-refractivity contribution in [2.45, 2.75) is 6.29 Å². The zero-order valence-corrected chi connectivity index (χ0v) is 10.2. The zero-order chi connectivity index (χ0) is 14.0. The molecule has 19 heavy (non-hydrogen) atoms. The molecule has 0 radical (unpaired) electrons. The third kappa shape index (κ3) is 2.72. The van der Waals surface area contributed by atoms with Crippen molar-refractivity contribution in [2.75, 3.05) is 12.8 Å². The topological polar surface area (TPSA) is 67.6 Å². The third-order valence-corrected chi connectivity index (χ3v) is 2.58. The summed E-state index contributed by atoms with van der Waals surface area (Å²) < 4.78 is 27.0. The van der Waals surface area contributed by atoms with Gasteiger partial charge >= 0.3 is 0 Å². The molecule has 0 fully saturated rings. The number of nitrogens with two attached hydrogens (primary N) is 2. The van der Waals surface area contributed by atoms with Gasteiger partial charge in [-0.25, -0.2) is 8.78 Å². The van der Waals surface area contributed by atoms with Crippen LogP contribution in [0.1, 0.15) is 5.56 Å². The minimum Gasteiger partial charge on any atom is -0.396 e. The number of allylic oxidation sites excluding steroid dienone is 1. The molecule has 0 saturated carbocycles. The summed E-state index contributed by atoms with van der Waals surface area (Å²) in [6, 6.07) is 2.23. The van der Waals surface area contributed by atoms with Gasteiger partial charge in [0.05, 0.1) is 16.8 Å². The summed E-state index contributed by atoms with van der Waals surface area (Å²) in [7, 11) is 1.73. The second-order valence-corrected chi connectivity index (χ2v) is 4.02. The van der Waals surface area contributed by atoms with Crippen LogP contribution in [0.3, 0.4) is 0 Å². The standard InChI is InChI=1S/C13H12F2N4/c1-19-7-8(6-18-13(19)17)2-3-9-10(14)4-5-11(16)12(9)15/h4-7,13H,16-17H2,1H3. The first-order valence-corrected chi connectivity index (χ1v) is 5.47. The van der Waals surface area contributed by atoms with E-state index in [0.29, 0.717) is 5.57 Å². The van der Waals surface area contributed by atoms with E-state index in [1.54, 1.807) is 18.1 Å². The number of nitrogens with zero attached hydrogens (tertiary/aromatic N) is 2. The first kappa shape index (κ1) is 13.1. The number of hydrogen-bond acceptors (Lipinski definition) is 4. The minimum absolute atomic E-state index is 0.142. The second kappa shape index (κ2) is 5.08. The second-order valence-electron chi connectivity index (χ2n) is 4.02. The van der Waals surface area contributed by atoms with Crippen LogP contribution in [0.5, 0.6) is 0 Å². The monoisotopic (exact) mass is 262 g/mol. The fraction of sp³-hybridized carbons (Fsp3) is 0.154. The highest BCUT2D eigenvalue weighted by molar-refractivity contribution is 5.85. The summed E-state index contributed by atoms with van der Waals surface area (Å²) >= 11 is 0. The summed E-state index contributed by atoms with van der Waals surface area (Å²) in [5.41, 5.74) is 11.0. The third-order valence-electron chi connectivity index (χ3n) is 2.58. The van der Waals surface area contributed by atoms with Crippen molar-refractivity contribution in [3.8, 4) is 11.8 Å². The first-order chi connectivity index (χ1) is 8.99. The molecule has 0 aliphatic carbocycles. The number of hydrogen-bond donors (Lipinski definition) is 2. The van der Waals surface area contributed by atoms with Gasteiger partial charge in [0.2, 0.25) is 0 Å². The molecule has 6 heteroatoms. The minimum atomic E-state index is -0.856. The molecular weight excluding hydrogens is 250 g/mol. The maximum Gasteiger partial charge on any atom is 0.173 e. The molecule has 0 aromatic heterocycles. The molecule has 0 amide bonds. The van der Waals surface area contributed by atoms with E-state index < -0.39 is 17.9 Å². The van der Waals surface area contributed by atoms with Crippen LogP contribution < -0.4 is 11.5 Å². The van der Waals surface area contributed by atoms with Crippen LogP contribution in [0.15, 0.2) is 28.9 Å². The van der Waals surface area contributed by atoms with Gasteiger partial charge < -0.3 is 10.6 Å². The molecule has 4 N–H and O–H groups in total. The Bertz CT molecular complexity index is 626. The normalized spacial score (nSPS) is 17.8. The van der Waals surface area contributed by atoms with Crippen molar-refractivity contribution in [3.05, 3.63) is 41.1 Å². The van der Waals surface area contributed by atoms with Crippen molar-refractivity contribution in [3.63, 3.8) is 0 Å². The molecule has 2 rings (SSSR count). The van der Waals surface area contributed by atoms with Crippen LogP contribution in [0.4, 0.5) is 14.5 Å². The SMILES string of the molecule is CN1C=C(C#Cc2c(F)ccc(N)c2F)C=NC1N. The number of benzene rings is 1. The highest BCUT2D eigenvalue weighted by Crippen LogP contribution is 2.17. The molecule has 4 nitrogen and oxygen atoms in total. The smallest absolute Gasteiger partial charge is 0.173 e. The van der Waals surface area contributed by atoms with E-state index in [2.05, 4.69) is 16.8 Å². The lowest BCUT2D eigenvalue weighted by Crippen LogP contribution is -2.36. The molecule has 1 aromatic carbocycles. The van der Waals surface area contributed by atoms with Crippen molar-refractivity contribution in [1.82, 2.24) is 4.90 Å². The van der Waals surface area contributed by atoms with E-state index in [-0.39, 0.29) is 11.3 Å². The van der Waals surface area contributed by atoms with Gasteiger partial charge in [-0.15, -0.1) is 0 Å². The van der Waals surface area contributed by atoms with Gasteiger partial charge in [0.25, 0.3) is 0 Å². The van der Waals surface area contributed by atoms with E-state index >= 15 is 0 Å². The fourth-order valence-corrected chi connectivity index (χ4v) is 1.47. The molecule has 0 bridgehead atoms. The van der Waals surface area contributed by atoms with E-state index in [0.717, 1.165) is 12.1 Å². The van der Waals surface area contributed by atoms with E-state index in [9.17, 15) is 8.78 Å². The lowest BCUT2D eigenvalue weighted by molar-refractivity contribution is 0.344. The van der Waals surface area contributed by atoms with Gasteiger partial charge in [-0.2, -0.15) is 0 Å². The zero-order valence-electron chi connectivity index (χ0n) is 10.2. The predicted octanol–water partition coefficient (Wildman–Crippen LogP) is 1.04. The Hall–Kier alpha value is -2.39. The summed E-state index contributed by atoms with van der Waals surface area (Å²) in [5.74, 6) is 3.44. The average molecular weight is 262 g/mol. The van der Waals surface area contributed by atoms with Gasteiger partial charge in [0.15, 0.2) is 12.1 Å². The highest BCUT2D eigenvalue weighted by Gasteiger charge is 2.11. The van der Waals surface area contributed by atoms with Crippen LogP contribution in [0.25, 0.3) is 0 Å². The molecular formula is C13H12F2N4. The molecule has 1 heterocycles. The Morgan fingerprint density at radius 2 is 2.05 bits per heavy atom. The average Bonchev–Trinajstić information content (AvgIpc) is 2.38. The summed E-state index contributed by atoms with van der Waals surface area (Å²) in [6.45, 7) is 0. The molecule has 98 valence electrons.